The fraction of sp³-hybridized carbons (Fsp3) is 0.368. The Bertz CT molecular complexity index is 1190. The minimum atomic E-state index is -3.53. The molecular formula is C19H22F2N4O3S2. The summed E-state index contributed by atoms with van der Waals surface area (Å²) < 4.78 is 54.4. The lowest BCUT2D eigenvalue weighted by Gasteiger charge is -2.22. The van der Waals surface area contributed by atoms with E-state index in [1.807, 2.05) is 13.8 Å². The van der Waals surface area contributed by atoms with Crippen molar-refractivity contribution in [2.45, 2.75) is 30.6 Å². The van der Waals surface area contributed by atoms with Crippen molar-refractivity contribution in [2.24, 2.45) is 5.92 Å². The molecule has 3 rings (SSSR count). The number of hydrogen-bond donors (Lipinski definition) is 1. The Balaban J connectivity index is 1.81. The molecule has 11 heteroatoms. The van der Waals surface area contributed by atoms with E-state index in [1.54, 1.807) is 6.07 Å². The number of aromatic nitrogens is 2. The Kier molecular flexibility index (Phi) is 6.25. The van der Waals surface area contributed by atoms with Crippen molar-refractivity contribution in [3.05, 3.63) is 47.1 Å². The highest BCUT2D eigenvalue weighted by Gasteiger charge is 2.26. The number of rotatable bonds is 7. The van der Waals surface area contributed by atoms with Gasteiger partial charge in [-0.2, -0.15) is 0 Å². The van der Waals surface area contributed by atoms with Gasteiger partial charge in [-0.15, -0.1) is 11.3 Å². The van der Waals surface area contributed by atoms with E-state index >= 15 is 0 Å². The second-order valence-corrected chi connectivity index (χ2v) is 10.9. The molecule has 0 aliphatic heterocycles. The summed E-state index contributed by atoms with van der Waals surface area (Å²) in [7, 11) is -0.627. The van der Waals surface area contributed by atoms with Crippen LogP contribution in [0.1, 0.15) is 24.8 Å². The average molecular weight is 457 g/mol. The van der Waals surface area contributed by atoms with Gasteiger partial charge in [0, 0.05) is 31.1 Å². The summed E-state index contributed by atoms with van der Waals surface area (Å²) in [5.74, 6) is -2.51. The van der Waals surface area contributed by atoms with Gasteiger partial charge in [-0.1, -0.05) is 13.8 Å². The molecule has 0 bridgehead atoms. The highest BCUT2D eigenvalue weighted by molar-refractivity contribution is 7.91. The number of amides is 1. The first-order valence-corrected chi connectivity index (χ1v) is 11.4. The van der Waals surface area contributed by atoms with Crippen molar-refractivity contribution < 1.29 is 22.0 Å². The number of thiophene rings is 1. The molecule has 1 amide bonds. The quantitative estimate of drug-likeness (QED) is 0.592. The number of carbonyl (C=O) groups is 1. The summed E-state index contributed by atoms with van der Waals surface area (Å²) in [4.78, 5) is 17.7. The summed E-state index contributed by atoms with van der Waals surface area (Å²) >= 11 is 1.08. The predicted molar refractivity (Wildman–Crippen MR) is 111 cm³/mol. The van der Waals surface area contributed by atoms with Crippen molar-refractivity contribution >= 4 is 38.3 Å². The molecule has 7 nitrogen and oxygen atoms in total. The van der Waals surface area contributed by atoms with Crippen molar-refractivity contribution in [1.29, 1.82) is 0 Å². The zero-order chi connectivity index (χ0) is 22.2. The molecule has 3 aromatic rings. The Morgan fingerprint density at radius 1 is 1.23 bits per heavy atom. The van der Waals surface area contributed by atoms with Crippen molar-refractivity contribution in [2.75, 3.05) is 14.1 Å². The van der Waals surface area contributed by atoms with Gasteiger partial charge >= 0.3 is 0 Å². The number of carbonyl (C=O) groups excluding carboxylic acids is 1. The summed E-state index contributed by atoms with van der Waals surface area (Å²) in [6, 6.07) is 4.47. The molecule has 0 fully saturated rings. The molecule has 0 spiro atoms. The van der Waals surface area contributed by atoms with E-state index in [0.717, 1.165) is 27.8 Å². The average Bonchev–Trinajstić information content (AvgIpc) is 3.28. The van der Waals surface area contributed by atoms with Crippen LogP contribution in [0.25, 0.3) is 11.0 Å². The van der Waals surface area contributed by atoms with Gasteiger partial charge < -0.3 is 9.88 Å². The first-order chi connectivity index (χ1) is 14.0. The van der Waals surface area contributed by atoms with Gasteiger partial charge in [-0.3, -0.25) is 4.79 Å². The van der Waals surface area contributed by atoms with E-state index in [-0.39, 0.29) is 28.1 Å². The Labute approximate surface area is 177 Å². The third-order valence-electron chi connectivity index (χ3n) is 4.63. The van der Waals surface area contributed by atoms with Crippen LogP contribution >= 0.6 is 11.3 Å². The molecule has 0 aliphatic rings. The van der Waals surface area contributed by atoms with Crippen LogP contribution in [0.15, 0.2) is 34.8 Å². The topological polar surface area (TPSA) is 84.3 Å². The number of nitrogens with zero attached hydrogens (tertiary/aromatic N) is 3. The summed E-state index contributed by atoms with van der Waals surface area (Å²) in [5.41, 5.74) is 0.572. The molecule has 2 aromatic heterocycles. The van der Waals surface area contributed by atoms with Crippen molar-refractivity contribution in [1.82, 2.24) is 19.2 Å². The third-order valence-corrected chi connectivity index (χ3v) is 7.99. The van der Waals surface area contributed by atoms with Gasteiger partial charge in [0.05, 0.1) is 23.9 Å². The SMILES string of the molecule is CC(C)C(C(=O)NCc1ccc(S(=O)(=O)N(C)C)s1)n1cnc2cc(F)c(F)cc21. The van der Waals surface area contributed by atoms with Gasteiger partial charge in [-0.25, -0.2) is 26.5 Å². The zero-order valence-corrected chi connectivity index (χ0v) is 18.5. The molecule has 0 radical (unpaired) electrons. The lowest BCUT2D eigenvalue weighted by molar-refractivity contribution is -0.125. The minimum absolute atomic E-state index is 0.144. The normalized spacial score (nSPS) is 13.3. The number of benzene rings is 1. The van der Waals surface area contributed by atoms with E-state index in [9.17, 15) is 22.0 Å². The van der Waals surface area contributed by atoms with E-state index in [1.165, 1.54) is 31.1 Å². The van der Waals surface area contributed by atoms with Crippen LogP contribution in [0.2, 0.25) is 0 Å². The first-order valence-electron chi connectivity index (χ1n) is 9.13. The monoisotopic (exact) mass is 456 g/mol. The predicted octanol–water partition coefficient (Wildman–Crippen LogP) is 3.14. The van der Waals surface area contributed by atoms with Crippen LogP contribution in [-0.4, -0.2) is 42.3 Å². The van der Waals surface area contributed by atoms with Gasteiger partial charge in [0.1, 0.15) is 10.3 Å². The summed E-state index contributed by atoms with van der Waals surface area (Å²) in [5, 5.41) is 2.80. The standard InChI is InChI=1S/C19H22F2N4O3S2/c1-11(2)18(25-10-23-15-7-13(20)14(21)8-16(15)25)19(26)22-9-12-5-6-17(29-12)30(27,28)24(3)4/h5-8,10-11,18H,9H2,1-4H3,(H,22,26). The second-order valence-electron chi connectivity index (χ2n) is 7.32. The van der Waals surface area contributed by atoms with Crippen LogP contribution in [0, 0.1) is 17.6 Å². The summed E-state index contributed by atoms with van der Waals surface area (Å²) in [6.45, 7) is 3.82. The van der Waals surface area contributed by atoms with E-state index < -0.39 is 27.7 Å². The Morgan fingerprint density at radius 3 is 2.53 bits per heavy atom. The maximum absolute atomic E-state index is 13.7. The largest absolute Gasteiger partial charge is 0.349 e. The lowest BCUT2D eigenvalue weighted by atomic mass is 10.0. The molecule has 1 N–H and O–H groups in total. The van der Waals surface area contributed by atoms with Gasteiger partial charge in [0.2, 0.25) is 5.91 Å². The smallest absolute Gasteiger partial charge is 0.252 e. The van der Waals surface area contributed by atoms with Gasteiger partial charge in [-0.05, 0) is 18.1 Å². The van der Waals surface area contributed by atoms with Crippen LogP contribution < -0.4 is 5.32 Å². The molecule has 0 aliphatic carbocycles. The zero-order valence-electron chi connectivity index (χ0n) is 16.9. The molecule has 1 atom stereocenters. The lowest BCUT2D eigenvalue weighted by Crippen LogP contribution is -2.34. The fourth-order valence-electron chi connectivity index (χ4n) is 3.05. The number of hydrogen-bond acceptors (Lipinski definition) is 5. The van der Waals surface area contributed by atoms with Crippen LogP contribution in [0.3, 0.4) is 0 Å². The van der Waals surface area contributed by atoms with E-state index in [4.69, 9.17) is 0 Å². The second kappa shape index (κ2) is 8.40. The van der Waals surface area contributed by atoms with Crippen LogP contribution in [0.4, 0.5) is 8.78 Å². The number of sulfonamides is 1. The van der Waals surface area contributed by atoms with Crippen LogP contribution in [-0.2, 0) is 21.4 Å². The molecule has 30 heavy (non-hydrogen) atoms. The maximum atomic E-state index is 13.7. The summed E-state index contributed by atoms with van der Waals surface area (Å²) in [6.07, 6.45) is 1.39. The van der Waals surface area contributed by atoms with Crippen LogP contribution in [0.5, 0.6) is 0 Å². The molecule has 1 aromatic carbocycles. The van der Waals surface area contributed by atoms with Crippen molar-refractivity contribution in [3.8, 4) is 0 Å². The number of imidazole rings is 1. The number of halogens is 2. The molecule has 2 heterocycles. The highest BCUT2D eigenvalue weighted by atomic mass is 32.2. The number of fused-ring (bicyclic) bond motifs is 1. The first kappa shape index (κ1) is 22.3. The Morgan fingerprint density at radius 2 is 1.90 bits per heavy atom. The molecular weight excluding hydrogens is 434 g/mol. The number of nitrogens with one attached hydrogen (secondary N) is 1. The molecule has 0 saturated carbocycles. The molecule has 0 saturated heterocycles. The highest BCUT2D eigenvalue weighted by Crippen LogP contribution is 2.27. The third kappa shape index (κ3) is 4.23. The van der Waals surface area contributed by atoms with E-state index in [0.29, 0.717) is 10.4 Å². The fourth-order valence-corrected chi connectivity index (χ4v) is 5.51. The van der Waals surface area contributed by atoms with Gasteiger partial charge in [0.25, 0.3) is 10.0 Å². The Hall–Kier alpha value is -2.37. The van der Waals surface area contributed by atoms with E-state index in [2.05, 4.69) is 10.3 Å². The minimum Gasteiger partial charge on any atom is -0.349 e. The molecule has 1 unspecified atom stereocenters. The van der Waals surface area contributed by atoms with Gasteiger partial charge in [0.15, 0.2) is 11.6 Å². The van der Waals surface area contributed by atoms with Crippen molar-refractivity contribution in [3.63, 3.8) is 0 Å². The molecule has 162 valence electrons. The maximum Gasteiger partial charge on any atom is 0.252 e.